The Kier molecular flexibility index (Phi) is 8.40. The predicted molar refractivity (Wildman–Crippen MR) is 154 cm³/mol. The van der Waals surface area contributed by atoms with Crippen molar-refractivity contribution < 1.29 is 19.1 Å². The van der Waals surface area contributed by atoms with Crippen molar-refractivity contribution in [1.29, 1.82) is 0 Å². The third kappa shape index (κ3) is 5.99. The molecule has 3 heterocycles. The maximum Gasteiger partial charge on any atom is 0.255 e. The van der Waals surface area contributed by atoms with E-state index in [1.54, 1.807) is 12.1 Å². The average Bonchev–Trinajstić information content (AvgIpc) is 3.38. The summed E-state index contributed by atoms with van der Waals surface area (Å²) in [6.07, 6.45) is 5.79. The molecule has 2 aromatic carbocycles. The molecular formula is C31H39N5O4. The number of likely N-dealkylation sites (tertiary alicyclic amines) is 1. The van der Waals surface area contributed by atoms with Gasteiger partial charge in [-0.05, 0) is 62.8 Å². The molecule has 1 fully saturated rings. The zero-order valence-corrected chi connectivity index (χ0v) is 23.1. The van der Waals surface area contributed by atoms with E-state index in [-0.39, 0.29) is 30.4 Å². The molecule has 40 heavy (non-hydrogen) atoms. The van der Waals surface area contributed by atoms with Gasteiger partial charge in [0.05, 0.1) is 23.1 Å². The minimum absolute atomic E-state index is 0.00756. The number of carbonyl (C=O) groups is 3. The second kappa shape index (κ2) is 12.1. The number of benzene rings is 2. The van der Waals surface area contributed by atoms with E-state index in [0.29, 0.717) is 56.6 Å². The molecule has 1 aromatic heterocycles. The first kappa shape index (κ1) is 27.7. The van der Waals surface area contributed by atoms with Gasteiger partial charge in [0.25, 0.3) is 5.91 Å². The Labute approximate surface area is 234 Å². The molecule has 1 saturated heterocycles. The van der Waals surface area contributed by atoms with Gasteiger partial charge in [-0.15, -0.1) is 0 Å². The van der Waals surface area contributed by atoms with E-state index < -0.39 is 11.5 Å². The monoisotopic (exact) mass is 545 g/mol. The van der Waals surface area contributed by atoms with Gasteiger partial charge in [-0.2, -0.15) is 0 Å². The van der Waals surface area contributed by atoms with Crippen LogP contribution >= 0.6 is 0 Å². The summed E-state index contributed by atoms with van der Waals surface area (Å²) >= 11 is 0. The predicted octanol–water partition coefficient (Wildman–Crippen LogP) is 3.14. The Bertz CT molecular complexity index is 1360. The van der Waals surface area contributed by atoms with Crippen molar-refractivity contribution in [1.82, 2.24) is 20.5 Å². The van der Waals surface area contributed by atoms with Gasteiger partial charge in [-0.1, -0.05) is 36.8 Å². The smallest absolute Gasteiger partial charge is 0.255 e. The van der Waals surface area contributed by atoms with Gasteiger partial charge in [0.1, 0.15) is 12.4 Å². The third-order valence-electron chi connectivity index (χ3n) is 8.31. The summed E-state index contributed by atoms with van der Waals surface area (Å²) in [5, 5.41) is 7.22. The Balaban J connectivity index is 1.23. The highest BCUT2D eigenvalue weighted by Gasteiger charge is 2.42. The minimum Gasteiger partial charge on any atom is -0.491 e. The first-order valence-corrected chi connectivity index (χ1v) is 14.3. The number of nitrogens with one attached hydrogen (secondary N) is 3. The Morgan fingerprint density at radius 2 is 1.82 bits per heavy atom. The summed E-state index contributed by atoms with van der Waals surface area (Å²) in [5.41, 5.74) is 8.38. The van der Waals surface area contributed by atoms with Crippen LogP contribution in [0.25, 0.3) is 10.9 Å². The zero-order valence-electron chi connectivity index (χ0n) is 23.1. The van der Waals surface area contributed by atoms with Crippen molar-refractivity contribution in [3.8, 4) is 5.75 Å². The van der Waals surface area contributed by atoms with E-state index in [1.807, 2.05) is 54.4 Å². The summed E-state index contributed by atoms with van der Waals surface area (Å²) in [6.45, 7) is 3.65. The molecule has 5 N–H and O–H groups in total. The molecule has 2 aliphatic heterocycles. The fourth-order valence-corrected chi connectivity index (χ4v) is 5.90. The van der Waals surface area contributed by atoms with Gasteiger partial charge in [0.2, 0.25) is 11.8 Å². The van der Waals surface area contributed by atoms with E-state index in [9.17, 15) is 14.4 Å². The topological polar surface area (TPSA) is 130 Å². The van der Waals surface area contributed by atoms with Crippen molar-refractivity contribution in [3.63, 3.8) is 0 Å². The quantitative estimate of drug-likeness (QED) is 0.402. The van der Waals surface area contributed by atoms with E-state index in [0.717, 1.165) is 29.3 Å². The molecule has 5 rings (SSSR count). The molecule has 9 nitrogen and oxygen atoms in total. The molecule has 0 bridgehead atoms. The highest BCUT2D eigenvalue weighted by Crippen LogP contribution is 2.37. The zero-order chi connectivity index (χ0) is 28.1. The number of carbonyl (C=O) groups excluding carboxylic acids is 3. The molecule has 3 amide bonds. The van der Waals surface area contributed by atoms with Crippen LogP contribution in [0.15, 0.2) is 54.7 Å². The molecule has 2 aliphatic rings. The maximum atomic E-state index is 13.6. The number of hydrogen-bond donors (Lipinski definition) is 4. The number of para-hydroxylation sites is 2. The van der Waals surface area contributed by atoms with E-state index in [1.165, 1.54) is 0 Å². The first-order chi connectivity index (χ1) is 19.4. The summed E-state index contributed by atoms with van der Waals surface area (Å²) < 4.78 is 5.94. The lowest BCUT2D eigenvalue weighted by Gasteiger charge is -2.42. The molecule has 3 aromatic rings. The molecule has 212 valence electrons. The first-order valence-electron chi connectivity index (χ1n) is 14.3. The minimum atomic E-state index is -0.644. The van der Waals surface area contributed by atoms with Gasteiger partial charge >= 0.3 is 0 Å². The number of aromatic nitrogens is 1. The lowest BCUT2D eigenvalue weighted by Crippen LogP contribution is -2.55. The van der Waals surface area contributed by atoms with Gasteiger partial charge in [0, 0.05) is 36.7 Å². The standard InChI is InChI=1S/C31H39N5O4/c1-21-20-40-27-11-5-3-9-24(27)28(37)33-15-7-6-12-31(30(39)35-21)13-16-36(17-14-31)29(38)25(32)18-22-19-34-26-10-4-2-8-23(22)26/h2-5,8-11,19,21,25,34H,6-7,12-18,20,32H2,1H3,(H,33,37)(H,35,39)/t21-,25+/m1/s1. The molecule has 1 spiro atoms. The Hall–Kier alpha value is -3.85. The number of H-pyrrole nitrogens is 1. The number of ether oxygens (including phenoxy) is 1. The van der Waals surface area contributed by atoms with Crippen LogP contribution < -0.4 is 21.1 Å². The number of nitrogens with zero attached hydrogens (tertiary/aromatic N) is 1. The van der Waals surface area contributed by atoms with Crippen LogP contribution in [-0.4, -0.2) is 65.9 Å². The van der Waals surface area contributed by atoms with Gasteiger partial charge in [-0.25, -0.2) is 0 Å². The number of aromatic amines is 1. The fraction of sp³-hybridized carbons (Fsp3) is 0.452. The molecule has 0 aliphatic carbocycles. The van der Waals surface area contributed by atoms with E-state index in [4.69, 9.17) is 10.5 Å². The number of hydrogen-bond acceptors (Lipinski definition) is 5. The van der Waals surface area contributed by atoms with E-state index >= 15 is 0 Å². The second-order valence-electron chi connectivity index (χ2n) is 11.2. The van der Waals surface area contributed by atoms with Crippen molar-refractivity contribution in [3.05, 3.63) is 65.9 Å². The van der Waals surface area contributed by atoms with Crippen molar-refractivity contribution in [2.75, 3.05) is 26.2 Å². The second-order valence-corrected chi connectivity index (χ2v) is 11.2. The van der Waals surface area contributed by atoms with Crippen LogP contribution in [0.1, 0.15) is 54.9 Å². The fourth-order valence-electron chi connectivity index (χ4n) is 5.90. The number of amides is 3. The lowest BCUT2D eigenvalue weighted by atomic mass is 9.73. The van der Waals surface area contributed by atoms with Gasteiger partial charge < -0.3 is 31.0 Å². The van der Waals surface area contributed by atoms with Crippen LogP contribution in [0.5, 0.6) is 5.75 Å². The number of nitrogens with two attached hydrogens (primary N) is 1. The van der Waals surface area contributed by atoms with Crippen molar-refractivity contribution >= 4 is 28.6 Å². The Morgan fingerprint density at radius 1 is 1.07 bits per heavy atom. The largest absolute Gasteiger partial charge is 0.491 e. The van der Waals surface area contributed by atoms with Crippen LogP contribution in [0.3, 0.4) is 0 Å². The molecule has 2 atom stereocenters. The van der Waals surface area contributed by atoms with Crippen LogP contribution in [-0.2, 0) is 16.0 Å². The van der Waals surface area contributed by atoms with Crippen molar-refractivity contribution in [2.45, 2.75) is 57.5 Å². The molecular weight excluding hydrogens is 506 g/mol. The molecule has 0 radical (unpaired) electrons. The average molecular weight is 546 g/mol. The van der Waals surface area contributed by atoms with Crippen LogP contribution in [0.4, 0.5) is 0 Å². The van der Waals surface area contributed by atoms with Gasteiger partial charge in [-0.3, -0.25) is 14.4 Å². The maximum absolute atomic E-state index is 13.6. The summed E-state index contributed by atoms with van der Waals surface area (Å²) in [7, 11) is 0. The summed E-state index contributed by atoms with van der Waals surface area (Å²) in [4.78, 5) is 44.7. The number of piperidine rings is 1. The van der Waals surface area contributed by atoms with E-state index in [2.05, 4.69) is 15.6 Å². The molecule has 0 unspecified atom stereocenters. The highest BCUT2D eigenvalue weighted by atomic mass is 16.5. The van der Waals surface area contributed by atoms with Crippen molar-refractivity contribution in [2.24, 2.45) is 11.1 Å². The highest BCUT2D eigenvalue weighted by molar-refractivity contribution is 5.96. The summed E-state index contributed by atoms with van der Waals surface area (Å²) in [6, 6.07) is 14.3. The Morgan fingerprint density at radius 3 is 2.65 bits per heavy atom. The normalized spacial score (nSPS) is 21.1. The molecule has 0 saturated carbocycles. The molecule has 9 heteroatoms. The van der Waals surface area contributed by atoms with Crippen LogP contribution in [0.2, 0.25) is 0 Å². The lowest BCUT2D eigenvalue weighted by molar-refractivity contribution is -0.142. The third-order valence-corrected chi connectivity index (χ3v) is 8.31. The number of rotatable bonds is 3. The SMILES string of the molecule is C[C@@H]1COc2ccccc2C(=O)NCCCCC2(CCN(C(=O)[C@@H](N)Cc3c[nH]c4ccccc34)CC2)C(=O)N1. The summed E-state index contributed by atoms with van der Waals surface area (Å²) in [5.74, 6) is 0.274. The van der Waals surface area contributed by atoms with Crippen LogP contribution in [0, 0.1) is 5.41 Å². The van der Waals surface area contributed by atoms with Gasteiger partial charge in [0.15, 0.2) is 0 Å². The number of fused-ring (bicyclic) bond motifs is 2.